The van der Waals surface area contributed by atoms with Crippen molar-refractivity contribution in [3.8, 4) is 5.75 Å². The average molecular weight is 390 g/mol. The third kappa shape index (κ3) is 4.76. The first-order valence-corrected chi connectivity index (χ1v) is 10.8. The predicted molar refractivity (Wildman–Crippen MR) is 119 cm³/mol. The second kappa shape index (κ2) is 9.36. The van der Waals surface area contributed by atoms with Crippen molar-refractivity contribution >= 4 is 12.3 Å². The molecular formula is C25H31N3O. The van der Waals surface area contributed by atoms with Gasteiger partial charge in [-0.25, -0.2) is 0 Å². The van der Waals surface area contributed by atoms with Crippen LogP contribution in [0.3, 0.4) is 0 Å². The Morgan fingerprint density at radius 3 is 2.76 bits per heavy atom. The number of piperidine rings is 1. The molecule has 1 saturated heterocycles. The van der Waals surface area contributed by atoms with Crippen molar-refractivity contribution in [2.45, 2.75) is 38.5 Å². The number of aryl methyl sites for hydroxylation is 1. The first-order valence-electron chi connectivity index (χ1n) is 10.8. The molecule has 4 nitrogen and oxygen atoms in total. The Hall–Kier alpha value is -2.46. The van der Waals surface area contributed by atoms with Gasteiger partial charge >= 0.3 is 0 Å². The number of nitrogens with zero attached hydrogens (tertiary/aromatic N) is 3. The maximum Gasteiger partial charge on any atom is 0.161 e. The molecule has 0 radical (unpaired) electrons. The van der Waals surface area contributed by atoms with Crippen molar-refractivity contribution in [2.24, 2.45) is 17.0 Å². The number of oxime groups is 1. The minimum atomic E-state index is 0.575. The second-order valence-electron chi connectivity index (χ2n) is 8.38. The molecule has 0 spiro atoms. The van der Waals surface area contributed by atoms with Crippen LogP contribution in [0.15, 0.2) is 54.3 Å². The molecule has 0 saturated carbocycles. The molecule has 1 aliphatic carbocycles. The van der Waals surface area contributed by atoms with Gasteiger partial charge in [-0.3, -0.25) is 4.98 Å². The molecule has 29 heavy (non-hydrogen) atoms. The van der Waals surface area contributed by atoms with Crippen molar-refractivity contribution in [3.63, 3.8) is 0 Å². The molecule has 152 valence electrons. The van der Waals surface area contributed by atoms with Crippen LogP contribution in [0.25, 0.3) is 5.57 Å². The molecule has 4 rings (SSSR count). The topological polar surface area (TPSA) is 37.7 Å². The summed E-state index contributed by atoms with van der Waals surface area (Å²) in [5.74, 6) is 2.13. The van der Waals surface area contributed by atoms with E-state index in [1.165, 1.54) is 62.0 Å². The monoisotopic (exact) mass is 389 g/mol. The van der Waals surface area contributed by atoms with Gasteiger partial charge in [0.15, 0.2) is 5.75 Å². The van der Waals surface area contributed by atoms with Gasteiger partial charge in [-0.15, -0.1) is 0 Å². The van der Waals surface area contributed by atoms with Crippen molar-refractivity contribution in [2.75, 3.05) is 19.6 Å². The number of benzene rings is 1. The van der Waals surface area contributed by atoms with Crippen molar-refractivity contribution in [1.29, 1.82) is 0 Å². The highest BCUT2D eigenvalue weighted by molar-refractivity contribution is 5.66. The Morgan fingerprint density at radius 1 is 1.10 bits per heavy atom. The number of hydrogen-bond acceptors (Lipinski definition) is 4. The number of allylic oxidation sites excluding steroid dienone is 1. The normalized spacial score (nSPS) is 20.3. The quantitative estimate of drug-likeness (QED) is 0.494. The summed E-state index contributed by atoms with van der Waals surface area (Å²) < 4.78 is 0. The van der Waals surface area contributed by atoms with Gasteiger partial charge in [-0.2, -0.15) is 0 Å². The van der Waals surface area contributed by atoms with Gasteiger partial charge in [-0.1, -0.05) is 36.0 Å². The molecule has 0 amide bonds. The van der Waals surface area contributed by atoms with Crippen LogP contribution in [0.1, 0.15) is 42.5 Å². The maximum absolute atomic E-state index is 5.33. The molecule has 1 fully saturated rings. The standard InChI is InChI=1S/C25H31N3O/c1-19-21(9-10-22-7-5-14-27-25(19)22)13-17-28-15-11-20(12-16-28)18-23-6-3-4-8-24(23)29-26-2/h3-8,14,20-21H,1-2,9-13,15-18H2. The van der Waals surface area contributed by atoms with E-state index in [0.717, 1.165) is 24.3 Å². The van der Waals surface area contributed by atoms with Crippen LogP contribution >= 0.6 is 0 Å². The van der Waals surface area contributed by atoms with Crippen LogP contribution < -0.4 is 4.84 Å². The molecule has 1 atom stereocenters. The lowest BCUT2D eigenvalue weighted by Gasteiger charge is -2.34. The number of aromatic nitrogens is 1. The van der Waals surface area contributed by atoms with Crippen molar-refractivity contribution < 1.29 is 4.84 Å². The zero-order valence-electron chi connectivity index (χ0n) is 17.2. The van der Waals surface area contributed by atoms with Crippen LogP contribution in [0.5, 0.6) is 5.75 Å². The Labute approximate surface area is 174 Å². The van der Waals surface area contributed by atoms with E-state index in [2.05, 4.69) is 46.5 Å². The molecule has 2 aliphatic rings. The van der Waals surface area contributed by atoms with Crippen LogP contribution in [0.2, 0.25) is 0 Å². The first kappa shape index (κ1) is 19.8. The zero-order valence-corrected chi connectivity index (χ0v) is 17.2. The Kier molecular flexibility index (Phi) is 6.40. The summed E-state index contributed by atoms with van der Waals surface area (Å²) in [5, 5.41) is 3.59. The van der Waals surface area contributed by atoms with E-state index in [1.807, 2.05) is 24.4 Å². The number of fused-ring (bicyclic) bond motifs is 1. The van der Waals surface area contributed by atoms with Gasteiger partial charge < -0.3 is 9.74 Å². The van der Waals surface area contributed by atoms with Crippen LogP contribution in [-0.4, -0.2) is 36.2 Å². The molecule has 0 N–H and O–H groups in total. The highest BCUT2D eigenvalue weighted by Crippen LogP contribution is 2.35. The fourth-order valence-corrected chi connectivity index (χ4v) is 4.84. The summed E-state index contributed by atoms with van der Waals surface area (Å²) in [4.78, 5) is 12.5. The van der Waals surface area contributed by atoms with Gasteiger partial charge in [-0.05, 0) is 98.8 Å². The third-order valence-corrected chi connectivity index (χ3v) is 6.60. The summed E-state index contributed by atoms with van der Waals surface area (Å²) in [7, 11) is 0. The smallest absolute Gasteiger partial charge is 0.161 e. The van der Waals surface area contributed by atoms with Crippen molar-refractivity contribution in [1.82, 2.24) is 9.88 Å². The maximum atomic E-state index is 5.33. The number of para-hydroxylation sites is 1. The van der Waals surface area contributed by atoms with Gasteiger partial charge in [0.2, 0.25) is 0 Å². The minimum absolute atomic E-state index is 0.575. The summed E-state index contributed by atoms with van der Waals surface area (Å²) >= 11 is 0. The molecule has 1 unspecified atom stereocenters. The van der Waals surface area contributed by atoms with Gasteiger partial charge in [0.1, 0.15) is 0 Å². The lowest BCUT2D eigenvalue weighted by atomic mass is 9.81. The summed E-state index contributed by atoms with van der Waals surface area (Å²) in [5.41, 5.74) is 5.00. The molecule has 2 heterocycles. The number of hydrogen-bond donors (Lipinski definition) is 0. The van der Waals surface area contributed by atoms with Gasteiger partial charge in [0.05, 0.1) is 5.69 Å². The van der Waals surface area contributed by atoms with E-state index < -0.39 is 0 Å². The second-order valence-corrected chi connectivity index (χ2v) is 8.38. The van der Waals surface area contributed by atoms with Crippen LogP contribution in [0, 0.1) is 11.8 Å². The van der Waals surface area contributed by atoms with E-state index in [-0.39, 0.29) is 0 Å². The minimum Gasteiger partial charge on any atom is -0.357 e. The molecular weight excluding hydrogens is 358 g/mol. The highest BCUT2D eigenvalue weighted by Gasteiger charge is 2.25. The Bertz CT molecular complexity index is 855. The first-order chi connectivity index (χ1) is 14.2. The van der Waals surface area contributed by atoms with Gasteiger partial charge in [0, 0.05) is 12.9 Å². The van der Waals surface area contributed by atoms with E-state index in [4.69, 9.17) is 4.84 Å². The summed E-state index contributed by atoms with van der Waals surface area (Å²) in [6, 6.07) is 12.4. The molecule has 1 aromatic heterocycles. The highest BCUT2D eigenvalue weighted by atomic mass is 16.6. The molecule has 2 aromatic rings. The molecule has 1 aromatic carbocycles. The van der Waals surface area contributed by atoms with E-state index in [0.29, 0.717) is 11.8 Å². The SMILES string of the molecule is C=NOc1ccccc1CC1CCN(CCC2CCc3cccnc3C2=C)CC1. The molecule has 0 bridgehead atoms. The van der Waals surface area contributed by atoms with Crippen LogP contribution in [0.4, 0.5) is 0 Å². The van der Waals surface area contributed by atoms with E-state index >= 15 is 0 Å². The zero-order chi connectivity index (χ0) is 20.1. The average Bonchev–Trinajstić information content (AvgIpc) is 2.76. The predicted octanol–water partition coefficient (Wildman–Crippen LogP) is 5.00. The Morgan fingerprint density at radius 2 is 1.93 bits per heavy atom. The Balaban J connectivity index is 1.25. The molecule has 4 heteroatoms. The van der Waals surface area contributed by atoms with Crippen molar-refractivity contribution in [3.05, 3.63) is 66.0 Å². The van der Waals surface area contributed by atoms with Gasteiger partial charge in [0.25, 0.3) is 0 Å². The largest absolute Gasteiger partial charge is 0.357 e. The lowest BCUT2D eigenvalue weighted by molar-refractivity contribution is 0.176. The summed E-state index contributed by atoms with van der Waals surface area (Å²) in [6.45, 7) is 11.3. The third-order valence-electron chi connectivity index (χ3n) is 6.60. The number of pyridine rings is 1. The van der Waals surface area contributed by atoms with Crippen LogP contribution in [-0.2, 0) is 12.8 Å². The summed E-state index contributed by atoms with van der Waals surface area (Å²) in [6.07, 6.45) is 8.98. The fourth-order valence-electron chi connectivity index (χ4n) is 4.84. The van der Waals surface area contributed by atoms with E-state index in [9.17, 15) is 0 Å². The number of rotatable bonds is 7. The lowest BCUT2D eigenvalue weighted by Crippen LogP contribution is -2.36. The van der Waals surface area contributed by atoms with E-state index in [1.54, 1.807) is 0 Å². The number of likely N-dealkylation sites (tertiary alicyclic amines) is 1. The fraction of sp³-hybridized carbons (Fsp3) is 0.440. The molecule has 1 aliphatic heterocycles.